The van der Waals surface area contributed by atoms with Crippen molar-refractivity contribution in [1.29, 1.82) is 0 Å². The van der Waals surface area contributed by atoms with Crippen molar-refractivity contribution in [1.82, 2.24) is 24.0 Å². The molecule has 9 heteroatoms. The van der Waals surface area contributed by atoms with Gasteiger partial charge >= 0.3 is 0 Å². The predicted molar refractivity (Wildman–Crippen MR) is 152 cm³/mol. The molecule has 4 fully saturated rings. The van der Waals surface area contributed by atoms with Crippen molar-refractivity contribution < 1.29 is 14.3 Å². The lowest BCUT2D eigenvalue weighted by atomic mass is 10.1. The topological polar surface area (TPSA) is 100 Å². The molecule has 5 heterocycles. The van der Waals surface area contributed by atoms with Gasteiger partial charge in [0.25, 0.3) is 5.91 Å². The van der Waals surface area contributed by atoms with Gasteiger partial charge in [0.15, 0.2) is 5.82 Å². The molecule has 1 amide bonds. The van der Waals surface area contributed by atoms with Gasteiger partial charge in [0.2, 0.25) is 0 Å². The lowest BCUT2D eigenvalue weighted by Crippen LogP contribution is -2.41. The van der Waals surface area contributed by atoms with Crippen LogP contribution in [0.15, 0.2) is 36.5 Å². The van der Waals surface area contributed by atoms with Gasteiger partial charge in [-0.05, 0) is 74.3 Å². The lowest BCUT2D eigenvalue weighted by Gasteiger charge is -2.27. The summed E-state index contributed by atoms with van der Waals surface area (Å²) in [5, 5.41) is 1.12. The summed E-state index contributed by atoms with van der Waals surface area (Å²) in [5.41, 5.74) is 10.8. The summed E-state index contributed by atoms with van der Waals surface area (Å²) >= 11 is 0. The van der Waals surface area contributed by atoms with Gasteiger partial charge in [0.05, 0.1) is 24.9 Å². The summed E-state index contributed by atoms with van der Waals surface area (Å²) in [7, 11) is 1.68. The fourth-order valence-corrected chi connectivity index (χ4v) is 7.33. The van der Waals surface area contributed by atoms with Crippen LogP contribution in [0.25, 0.3) is 33.6 Å². The Labute approximate surface area is 233 Å². The summed E-state index contributed by atoms with van der Waals surface area (Å²) in [6.07, 6.45) is 7.49. The molecule has 208 valence electrons. The second-order valence-electron chi connectivity index (χ2n) is 12.3. The van der Waals surface area contributed by atoms with E-state index in [9.17, 15) is 4.79 Å². The van der Waals surface area contributed by atoms with Gasteiger partial charge in [-0.25, -0.2) is 9.97 Å². The minimum absolute atomic E-state index is 0.0233. The fraction of sp³-hybridized carbons (Fsp3) is 0.516. The third kappa shape index (κ3) is 3.85. The average molecular weight is 541 g/mol. The number of hydrogen-bond acceptors (Lipinski definition) is 6. The molecule has 4 aliphatic rings. The number of amides is 1. The van der Waals surface area contributed by atoms with Crippen LogP contribution >= 0.6 is 0 Å². The van der Waals surface area contributed by atoms with E-state index >= 15 is 0 Å². The van der Waals surface area contributed by atoms with Crippen LogP contribution in [0.2, 0.25) is 0 Å². The zero-order valence-corrected chi connectivity index (χ0v) is 23.0. The van der Waals surface area contributed by atoms with E-state index in [0.717, 1.165) is 85.7 Å². The number of ether oxygens (including phenoxy) is 2. The molecule has 4 atom stereocenters. The summed E-state index contributed by atoms with van der Waals surface area (Å²) in [6, 6.07) is 10.4. The number of nitrogens with zero attached hydrogens (tertiary/aromatic N) is 5. The Morgan fingerprint density at radius 2 is 1.98 bits per heavy atom. The zero-order valence-electron chi connectivity index (χ0n) is 23.0. The molecule has 4 aromatic rings. The number of likely N-dealkylation sites (tertiary alicyclic amines) is 1. The van der Waals surface area contributed by atoms with Crippen LogP contribution in [0, 0.1) is 17.8 Å². The van der Waals surface area contributed by atoms with Crippen LogP contribution in [0.1, 0.15) is 42.5 Å². The molecule has 3 aromatic heterocycles. The van der Waals surface area contributed by atoms with Gasteiger partial charge in [-0.3, -0.25) is 4.79 Å². The molecule has 0 radical (unpaired) electrons. The van der Waals surface area contributed by atoms with Crippen molar-refractivity contribution in [2.75, 3.05) is 26.9 Å². The fourth-order valence-electron chi connectivity index (χ4n) is 7.33. The largest absolute Gasteiger partial charge is 0.494 e. The van der Waals surface area contributed by atoms with Crippen LogP contribution in [0.3, 0.4) is 0 Å². The van der Waals surface area contributed by atoms with Crippen LogP contribution < -0.4 is 10.5 Å². The first-order chi connectivity index (χ1) is 19.6. The maximum atomic E-state index is 13.8. The van der Waals surface area contributed by atoms with E-state index in [1.807, 2.05) is 29.3 Å². The van der Waals surface area contributed by atoms with E-state index in [4.69, 9.17) is 25.2 Å². The summed E-state index contributed by atoms with van der Waals surface area (Å²) in [6.45, 7) is 3.97. The third-order valence-corrected chi connectivity index (χ3v) is 9.67. The molecule has 0 spiro atoms. The smallest absolute Gasteiger partial charge is 0.254 e. The van der Waals surface area contributed by atoms with E-state index in [-0.39, 0.29) is 18.0 Å². The number of rotatable bonds is 7. The van der Waals surface area contributed by atoms with Crippen LogP contribution in [-0.2, 0) is 17.8 Å². The van der Waals surface area contributed by atoms with Gasteiger partial charge in [-0.1, -0.05) is 0 Å². The minimum Gasteiger partial charge on any atom is -0.494 e. The average Bonchev–Trinajstić information content (AvgIpc) is 3.34. The molecule has 1 aromatic carbocycles. The van der Waals surface area contributed by atoms with Crippen LogP contribution in [0.5, 0.6) is 5.75 Å². The molecular weight excluding hydrogens is 504 g/mol. The number of nitrogens with two attached hydrogens (primary N) is 1. The number of benzene rings is 1. The van der Waals surface area contributed by atoms with Crippen molar-refractivity contribution in [3.8, 4) is 17.3 Å². The Morgan fingerprint density at radius 1 is 1.10 bits per heavy atom. The number of carbonyl (C=O) groups is 1. The molecule has 0 unspecified atom stereocenters. The normalized spacial score (nSPS) is 26.0. The number of methoxy groups -OCH3 is 1. The van der Waals surface area contributed by atoms with Gasteiger partial charge in [0, 0.05) is 61.4 Å². The van der Waals surface area contributed by atoms with E-state index < -0.39 is 0 Å². The molecule has 40 heavy (non-hydrogen) atoms. The third-order valence-electron chi connectivity index (χ3n) is 9.67. The first kappa shape index (κ1) is 24.4. The van der Waals surface area contributed by atoms with Crippen LogP contribution in [-0.4, -0.2) is 68.9 Å². The van der Waals surface area contributed by atoms with E-state index in [2.05, 4.69) is 21.3 Å². The second kappa shape index (κ2) is 9.31. The highest BCUT2D eigenvalue weighted by molar-refractivity contribution is 6.00. The molecule has 2 saturated carbocycles. The number of aromatic nitrogens is 4. The molecule has 2 aliphatic heterocycles. The number of piperidine rings is 1. The number of fused-ring (bicyclic) bond motifs is 4. The van der Waals surface area contributed by atoms with Crippen molar-refractivity contribution in [3.63, 3.8) is 0 Å². The second-order valence-corrected chi connectivity index (χ2v) is 12.3. The summed E-state index contributed by atoms with van der Waals surface area (Å²) < 4.78 is 16.4. The predicted octanol–water partition coefficient (Wildman–Crippen LogP) is 4.07. The molecule has 9 nitrogen and oxygen atoms in total. The maximum Gasteiger partial charge on any atom is 0.254 e. The standard InChI is InChI=1S/C31H36N6O3/c1-39-26-13-22(31(38)36-16-21-6-7-24(36)27(21)32)11-23-28(26)37(15-19-8-10-40-17-19)30(34-23)25-12-20-3-2-9-33-29(20)35(25)14-18-4-5-18/h2-3,9,11-13,18-19,21,24,27H,4-8,10,14-17,32H2,1H3/t19-,21+,24+,27+/m0/s1. The van der Waals surface area contributed by atoms with Gasteiger partial charge < -0.3 is 29.2 Å². The number of carbonyl (C=O) groups excluding carboxylic acids is 1. The molecule has 2 bridgehead atoms. The van der Waals surface area contributed by atoms with Crippen molar-refractivity contribution in [2.24, 2.45) is 23.5 Å². The van der Waals surface area contributed by atoms with Gasteiger partial charge in [-0.15, -0.1) is 0 Å². The quantitative estimate of drug-likeness (QED) is 0.379. The monoisotopic (exact) mass is 540 g/mol. The highest BCUT2D eigenvalue weighted by Gasteiger charge is 2.47. The zero-order chi connectivity index (χ0) is 27.0. The number of pyridine rings is 1. The van der Waals surface area contributed by atoms with Gasteiger partial charge in [0.1, 0.15) is 16.9 Å². The first-order valence-electron chi connectivity index (χ1n) is 14.8. The Hall–Kier alpha value is -3.43. The Morgan fingerprint density at radius 3 is 2.70 bits per heavy atom. The number of imidazole rings is 1. The first-order valence-corrected chi connectivity index (χ1v) is 14.8. The SMILES string of the molecule is COc1cc(C(=O)N2C[C@H]3CC[C@@H]2[C@@H]3N)cc2nc(-c3cc4cccnc4n3CC3CC3)n(C[C@@H]3CCOC3)c12. The van der Waals surface area contributed by atoms with Crippen molar-refractivity contribution in [3.05, 3.63) is 42.1 Å². The Bertz CT molecular complexity index is 1610. The number of hydrogen-bond donors (Lipinski definition) is 1. The van der Waals surface area contributed by atoms with Crippen molar-refractivity contribution >= 4 is 28.0 Å². The molecule has 2 N–H and O–H groups in total. The van der Waals surface area contributed by atoms with E-state index in [1.165, 1.54) is 12.8 Å². The highest BCUT2D eigenvalue weighted by Crippen LogP contribution is 2.40. The van der Waals surface area contributed by atoms with E-state index in [0.29, 0.717) is 29.1 Å². The van der Waals surface area contributed by atoms with E-state index in [1.54, 1.807) is 7.11 Å². The van der Waals surface area contributed by atoms with Gasteiger partial charge in [-0.2, -0.15) is 0 Å². The van der Waals surface area contributed by atoms with Crippen LogP contribution in [0.4, 0.5) is 0 Å². The lowest BCUT2D eigenvalue weighted by molar-refractivity contribution is 0.0700. The summed E-state index contributed by atoms with van der Waals surface area (Å²) in [4.78, 5) is 25.8. The Balaban J connectivity index is 1.29. The molecule has 2 saturated heterocycles. The maximum absolute atomic E-state index is 13.8. The minimum atomic E-state index is 0.0233. The summed E-state index contributed by atoms with van der Waals surface area (Å²) in [5.74, 6) is 3.07. The molecular formula is C31H36N6O3. The highest BCUT2D eigenvalue weighted by atomic mass is 16.5. The van der Waals surface area contributed by atoms with Crippen molar-refractivity contribution in [2.45, 2.75) is 57.3 Å². The Kier molecular flexibility index (Phi) is 5.67. The molecule has 2 aliphatic carbocycles. The molecule has 8 rings (SSSR count).